The summed E-state index contributed by atoms with van der Waals surface area (Å²) in [6.07, 6.45) is 1.89. The van der Waals surface area contributed by atoms with Crippen molar-refractivity contribution in [2.45, 2.75) is 25.1 Å². The summed E-state index contributed by atoms with van der Waals surface area (Å²) in [5.41, 5.74) is 2.34. The fourth-order valence-electron chi connectivity index (χ4n) is 3.45. The Kier molecular flexibility index (Phi) is 6.87. The first-order valence-electron chi connectivity index (χ1n) is 10.2. The Labute approximate surface area is 200 Å². The highest BCUT2D eigenvalue weighted by atomic mass is 35.5. The lowest BCUT2D eigenvalue weighted by Crippen LogP contribution is -2.32. The van der Waals surface area contributed by atoms with Gasteiger partial charge in [-0.3, -0.25) is 14.5 Å². The highest BCUT2D eigenvalue weighted by Gasteiger charge is 2.41. The van der Waals surface area contributed by atoms with Crippen LogP contribution in [0.4, 0.5) is 5.69 Å². The number of amides is 2. The summed E-state index contributed by atoms with van der Waals surface area (Å²) >= 11 is 7.52. The van der Waals surface area contributed by atoms with E-state index in [1.807, 2.05) is 43.3 Å². The van der Waals surface area contributed by atoms with Gasteiger partial charge in [0.1, 0.15) is 22.4 Å². The molecule has 8 heteroatoms. The van der Waals surface area contributed by atoms with Crippen LogP contribution in [0.5, 0.6) is 0 Å². The number of thioether (sulfide) groups is 1. The molecule has 1 unspecified atom stereocenters. The van der Waals surface area contributed by atoms with Crippen LogP contribution in [0.3, 0.4) is 0 Å². The molecule has 1 atom stereocenters. The molecule has 2 amide bonds. The maximum atomic E-state index is 13.5. The summed E-state index contributed by atoms with van der Waals surface area (Å²) in [4.78, 5) is 27.8. The van der Waals surface area contributed by atoms with Gasteiger partial charge in [-0.1, -0.05) is 59.3 Å². The van der Waals surface area contributed by atoms with Gasteiger partial charge in [0.15, 0.2) is 0 Å². The second-order valence-electron chi connectivity index (χ2n) is 7.47. The molecule has 4 rings (SSSR count). The van der Waals surface area contributed by atoms with Gasteiger partial charge in [-0.15, -0.1) is 0 Å². The number of anilines is 1. The van der Waals surface area contributed by atoms with Crippen molar-refractivity contribution in [3.63, 3.8) is 0 Å². The van der Waals surface area contributed by atoms with Gasteiger partial charge in [0.05, 0.1) is 18.1 Å². The van der Waals surface area contributed by atoms with Gasteiger partial charge in [-0.2, -0.15) is 5.26 Å². The number of carbonyl (C=O) groups is 2. The second-order valence-corrected chi connectivity index (χ2v) is 9.06. The number of nitrogens with zero attached hydrogens (tertiary/aromatic N) is 2. The van der Waals surface area contributed by atoms with E-state index in [1.54, 1.807) is 30.3 Å². The molecule has 1 aliphatic rings. The fourth-order valence-corrected chi connectivity index (χ4v) is 4.96. The molecule has 0 bridgehead atoms. The number of carbonyl (C=O) groups excluding carboxylic acids is 2. The van der Waals surface area contributed by atoms with Crippen LogP contribution >= 0.6 is 23.4 Å². The lowest BCUT2D eigenvalue weighted by molar-refractivity contribution is -0.117. The molecule has 1 fully saturated rings. The molecule has 1 N–H and O–H groups in total. The highest BCUT2D eigenvalue weighted by molar-refractivity contribution is 8.05. The average molecular weight is 478 g/mol. The average Bonchev–Trinajstić information content (AvgIpc) is 3.44. The lowest BCUT2D eigenvalue weighted by atomic mass is 10.1. The Morgan fingerprint density at radius 2 is 1.94 bits per heavy atom. The molecule has 166 valence electrons. The van der Waals surface area contributed by atoms with E-state index < -0.39 is 11.2 Å². The zero-order valence-electron chi connectivity index (χ0n) is 17.7. The number of rotatable bonds is 6. The molecular formula is C25H20ClN3O3S. The number of nitrogens with one attached hydrogen (secondary N) is 1. The smallest absolute Gasteiger partial charge is 0.265 e. The molecule has 0 radical (unpaired) electrons. The van der Waals surface area contributed by atoms with Crippen LogP contribution in [-0.2, 0) is 22.6 Å². The number of benzene rings is 2. The maximum Gasteiger partial charge on any atom is 0.265 e. The van der Waals surface area contributed by atoms with Crippen molar-refractivity contribution in [3.8, 4) is 6.07 Å². The molecule has 0 saturated carbocycles. The minimum Gasteiger partial charge on any atom is -0.467 e. The van der Waals surface area contributed by atoms with Crippen LogP contribution in [0.2, 0.25) is 5.02 Å². The Morgan fingerprint density at radius 3 is 2.61 bits per heavy atom. The molecule has 33 heavy (non-hydrogen) atoms. The van der Waals surface area contributed by atoms with Crippen LogP contribution in [0.25, 0.3) is 0 Å². The quantitative estimate of drug-likeness (QED) is 0.399. The van der Waals surface area contributed by atoms with Crippen molar-refractivity contribution in [1.29, 1.82) is 5.26 Å². The Balaban J connectivity index is 1.69. The third kappa shape index (κ3) is 4.98. The van der Waals surface area contributed by atoms with E-state index in [2.05, 4.69) is 5.32 Å². The molecule has 1 saturated heterocycles. The van der Waals surface area contributed by atoms with Crippen LogP contribution < -0.4 is 10.2 Å². The standard InChI is InChI=1S/C25H20ClN3O3S/c1-16-8-10-18(11-9-16)29-24(31)22(13-17-5-2-3-7-21(17)26)33-25(29)20(14-27)23(30)28-15-19-6-4-12-32-19/h2-12,22H,13,15H2,1H3,(H,28,30)/b25-20-. The van der Waals surface area contributed by atoms with E-state index in [0.717, 1.165) is 11.1 Å². The predicted molar refractivity (Wildman–Crippen MR) is 128 cm³/mol. The summed E-state index contributed by atoms with van der Waals surface area (Å²) < 4.78 is 5.24. The Bertz CT molecular complexity index is 1250. The molecule has 1 aromatic heterocycles. The highest BCUT2D eigenvalue weighted by Crippen LogP contribution is 2.42. The Morgan fingerprint density at radius 1 is 1.18 bits per heavy atom. The SMILES string of the molecule is Cc1ccc(N2C(=O)C(Cc3ccccc3Cl)S/C2=C(/C#N)C(=O)NCc2ccco2)cc1. The minimum absolute atomic E-state index is 0.123. The van der Waals surface area contributed by atoms with Crippen molar-refractivity contribution in [2.75, 3.05) is 4.90 Å². The summed E-state index contributed by atoms with van der Waals surface area (Å²) in [6, 6.07) is 20.2. The van der Waals surface area contributed by atoms with E-state index in [0.29, 0.717) is 27.9 Å². The lowest BCUT2D eigenvalue weighted by Gasteiger charge is -2.19. The maximum absolute atomic E-state index is 13.5. The summed E-state index contributed by atoms with van der Waals surface area (Å²) in [5, 5.41) is 12.9. The number of nitriles is 1. The molecule has 2 aromatic carbocycles. The normalized spacial score (nSPS) is 17.1. The van der Waals surface area contributed by atoms with E-state index in [9.17, 15) is 14.9 Å². The zero-order chi connectivity index (χ0) is 23.4. The molecule has 0 aliphatic carbocycles. The minimum atomic E-state index is -0.570. The van der Waals surface area contributed by atoms with E-state index in [4.69, 9.17) is 16.0 Å². The Hall–Kier alpha value is -3.47. The zero-order valence-corrected chi connectivity index (χ0v) is 19.3. The van der Waals surface area contributed by atoms with Crippen LogP contribution in [0, 0.1) is 18.3 Å². The number of aryl methyl sites for hydroxylation is 1. The van der Waals surface area contributed by atoms with Gasteiger partial charge in [-0.05, 0) is 49.2 Å². The number of furan rings is 1. The second kappa shape index (κ2) is 9.99. The third-order valence-electron chi connectivity index (χ3n) is 5.16. The molecule has 1 aliphatic heterocycles. The largest absolute Gasteiger partial charge is 0.467 e. The first-order valence-corrected chi connectivity index (χ1v) is 11.5. The molecule has 3 aromatic rings. The van der Waals surface area contributed by atoms with E-state index in [-0.39, 0.29) is 18.0 Å². The van der Waals surface area contributed by atoms with Crippen LogP contribution in [0.1, 0.15) is 16.9 Å². The van der Waals surface area contributed by atoms with Gasteiger partial charge in [0.25, 0.3) is 5.91 Å². The number of hydrogen-bond donors (Lipinski definition) is 1. The van der Waals surface area contributed by atoms with E-state index in [1.165, 1.54) is 22.9 Å². The van der Waals surface area contributed by atoms with Crippen molar-refractivity contribution < 1.29 is 14.0 Å². The van der Waals surface area contributed by atoms with Crippen molar-refractivity contribution in [3.05, 3.63) is 99.4 Å². The monoisotopic (exact) mass is 477 g/mol. The van der Waals surface area contributed by atoms with Gasteiger partial charge < -0.3 is 9.73 Å². The molecular weight excluding hydrogens is 458 g/mol. The number of halogens is 1. The summed E-state index contributed by atoms with van der Waals surface area (Å²) in [7, 11) is 0. The molecule has 6 nitrogen and oxygen atoms in total. The van der Waals surface area contributed by atoms with Gasteiger partial charge in [0.2, 0.25) is 5.91 Å². The van der Waals surface area contributed by atoms with E-state index >= 15 is 0 Å². The van der Waals surface area contributed by atoms with Crippen LogP contribution in [0.15, 0.2) is 81.9 Å². The summed E-state index contributed by atoms with van der Waals surface area (Å²) in [5.74, 6) is -0.210. The fraction of sp³-hybridized carbons (Fsp3) is 0.160. The van der Waals surface area contributed by atoms with Gasteiger partial charge in [-0.25, -0.2) is 0 Å². The topological polar surface area (TPSA) is 86.3 Å². The first kappa shape index (κ1) is 22.7. The van der Waals surface area contributed by atoms with Crippen LogP contribution in [-0.4, -0.2) is 17.1 Å². The number of hydrogen-bond acceptors (Lipinski definition) is 5. The van der Waals surface area contributed by atoms with Crippen molar-refractivity contribution in [1.82, 2.24) is 5.32 Å². The summed E-state index contributed by atoms with van der Waals surface area (Å²) in [6.45, 7) is 2.08. The van der Waals surface area contributed by atoms with Crippen molar-refractivity contribution in [2.24, 2.45) is 0 Å². The third-order valence-corrected chi connectivity index (χ3v) is 6.80. The van der Waals surface area contributed by atoms with Gasteiger partial charge in [0, 0.05) is 10.7 Å². The van der Waals surface area contributed by atoms with Crippen molar-refractivity contribution >= 4 is 40.9 Å². The van der Waals surface area contributed by atoms with Gasteiger partial charge >= 0.3 is 0 Å². The predicted octanol–water partition coefficient (Wildman–Crippen LogP) is 4.98. The first-order chi connectivity index (χ1) is 16.0. The molecule has 2 heterocycles. The molecule has 0 spiro atoms.